The fourth-order valence-electron chi connectivity index (χ4n) is 3.61. The van der Waals surface area contributed by atoms with Crippen molar-refractivity contribution >= 4 is 12.0 Å². The van der Waals surface area contributed by atoms with Crippen molar-refractivity contribution in [1.29, 1.82) is 0 Å². The molecule has 1 aliphatic heterocycles. The van der Waals surface area contributed by atoms with E-state index in [1.165, 1.54) is 10.5 Å². The molecule has 2 amide bonds. The van der Waals surface area contributed by atoms with E-state index in [2.05, 4.69) is 41.4 Å². The van der Waals surface area contributed by atoms with Crippen molar-refractivity contribution in [3.05, 3.63) is 35.9 Å². The van der Waals surface area contributed by atoms with Gasteiger partial charge in [0, 0.05) is 38.8 Å². The molecule has 1 N–H and O–H groups in total. The van der Waals surface area contributed by atoms with Gasteiger partial charge in [-0.25, -0.2) is 4.79 Å². The second kappa shape index (κ2) is 11.3. The largest absolute Gasteiger partial charge is 0.444 e. The van der Waals surface area contributed by atoms with Crippen LogP contribution >= 0.6 is 0 Å². The molecule has 0 aliphatic carbocycles. The predicted octanol–water partition coefficient (Wildman–Crippen LogP) is 3.04. The van der Waals surface area contributed by atoms with Gasteiger partial charge in [0.1, 0.15) is 12.1 Å². The van der Waals surface area contributed by atoms with Crippen LogP contribution in [0.4, 0.5) is 4.79 Å². The van der Waals surface area contributed by atoms with Gasteiger partial charge >= 0.3 is 6.09 Å². The van der Waals surface area contributed by atoms with Crippen LogP contribution in [-0.4, -0.2) is 72.8 Å². The normalized spacial score (nSPS) is 19.9. The second-order valence-electron chi connectivity index (χ2n) is 8.99. The molecule has 0 radical (unpaired) electrons. The van der Waals surface area contributed by atoms with Gasteiger partial charge in [-0.15, -0.1) is 0 Å². The number of amides is 2. The zero-order chi connectivity index (χ0) is 22.1. The lowest BCUT2D eigenvalue weighted by atomic mass is 9.97. The highest BCUT2D eigenvalue weighted by Gasteiger charge is 2.28. The average molecular weight is 420 g/mol. The summed E-state index contributed by atoms with van der Waals surface area (Å²) in [6, 6.07) is 10.9. The van der Waals surface area contributed by atoms with Crippen LogP contribution in [0.3, 0.4) is 0 Å². The fourth-order valence-corrected chi connectivity index (χ4v) is 3.61. The third-order valence-corrected chi connectivity index (χ3v) is 5.16. The summed E-state index contributed by atoms with van der Waals surface area (Å²) in [7, 11) is 1.57. The number of piperidine rings is 1. The highest BCUT2D eigenvalue weighted by molar-refractivity contribution is 5.82. The Kier molecular flexibility index (Phi) is 9.11. The summed E-state index contributed by atoms with van der Waals surface area (Å²) in [6.07, 6.45) is 1.29. The van der Waals surface area contributed by atoms with Gasteiger partial charge in [-0.2, -0.15) is 0 Å². The van der Waals surface area contributed by atoms with E-state index in [4.69, 9.17) is 9.47 Å². The van der Waals surface area contributed by atoms with E-state index in [1.54, 1.807) is 7.11 Å². The Morgan fingerprint density at radius 1 is 1.23 bits per heavy atom. The number of methoxy groups -OCH3 is 1. The SMILES string of the molecule is COCCN(CC(=O)N[C@H]1CCN(Cc2ccccc2)[C@H](C)C1)C(=O)OC(C)(C)C. The number of carbonyl (C=O) groups is 2. The highest BCUT2D eigenvalue weighted by atomic mass is 16.6. The molecule has 30 heavy (non-hydrogen) atoms. The first-order chi connectivity index (χ1) is 14.2. The Hall–Kier alpha value is -2.12. The Labute approximate surface area is 180 Å². The van der Waals surface area contributed by atoms with E-state index < -0.39 is 11.7 Å². The van der Waals surface area contributed by atoms with Crippen LogP contribution in [0.5, 0.6) is 0 Å². The molecule has 0 bridgehead atoms. The van der Waals surface area contributed by atoms with Gasteiger partial charge in [0.15, 0.2) is 0 Å². The molecule has 1 aliphatic rings. The predicted molar refractivity (Wildman–Crippen MR) is 117 cm³/mol. The Morgan fingerprint density at radius 3 is 2.53 bits per heavy atom. The van der Waals surface area contributed by atoms with Gasteiger partial charge in [-0.05, 0) is 46.1 Å². The van der Waals surface area contributed by atoms with Gasteiger partial charge in [0.25, 0.3) is 0 Å². The molecule has 1 fully saturated rings. The van der Waals surface area contributed by atoms with Gasteiger partial charge in [-0.1, -0.05) is 30.3 Å². The minimum atomic E-state index is -0.611. The van der Waals surface area contributed by atoms with Crippen molar-refractivity contribution in [3.8, 4) is 0 Å². The highest BCUT2D eigenvalue weighted by Crippen LogP contribution is 2.20. The maximum Gasteiger partial charge on any atom is 0.410 e. The lowest BCUT2D eigenvalue weighted by Crippen LogP contribution is -2.51. The van der Waals surface area contributed by atoms with Crippen molar-refractivity contribution in [2.24, 2.45) is 0 Å². The number of hydrogen-bond acceptors (Lipinski definition) is 5. The summed E-state index contributed by atoms with van der Waals surface area (Å²) in [6.45, 7) is 10.1. The lowest BCUT2D eigenvalue weighted by molar-refractivity contribution is -0.123. The van der Waals surface area contributed by atoms with Crippen LogP contribution in [0, 0.1) is 0 Å². The van der Waals surface area contributed by atoms with Crippen molar-refractivity contribution in [3.63, 3.8) is 0 Å². The maximum atomic E-state index is 12.6. The maximum absolute atomic E-state index is 12.6. The van der Waals surface area contributed by atoms with E-state index >= 15 is 0 Å². The van der Waals surface area contributed by atoms with Crippen molar-refractivity contribution in [2.45, 2.75) is 64.8 Å². The molecule has 1 aromatic carbocycles. The zero-order valence-electron chi connectivity index (χ0n) is 19.0. The molecular weight excluding hydrogens is 382 g/mol. The standard InChI is InChI=1S/C23H37N3O4/c1-18-15-20(11-12-25(18)16-19-9-7-6-8-10-19)24-21(27)17-26(13-14-29-5)22(28)30-23(2,3)4/h6-10,18,20H,11-17H2,1-5H3,(H,24,27)/t18-,20+/m1/s1. The molecule has 0 spiro atoms. The molecule has 0 saturated carbocycles. The number of carbonyl (C=O) groups excluding carboxylic acids is 2. The number of ether oxygens (including phenoxy) is 2. The van der Waals surface area contributed by atoms with Crippen LogP contribution in [0.1, 0.15) is 46.1 Å². The first-order valence-electron chi connectivity index (χ1n) is 10.7. The lowest BCUT2D eigenvalue weighted by Gasteiger charge is -2.38. The zero-order valence-corrected chi connectivity index (χ0v) is 19.0. The molecule has 1 aromatic rings. The first-order valence-corrected chi connectivity index (χ1v) is 10.7. The minimum Gasteiger partial charge on any atom is -0.444 e. The molecule has 0 aromatic heterocycles. The number of nitrogens with one attached hydrogen (secondary N) is 1. The summed E-state index contributed by atoms with van der Waals surface area (Å²) in [5.41, 5.74) is 0.692. The third-order valence-electron chi connectivity index (χ3n) is 5.16. The molecule has 7 heteroatoms. The number of hydrogen-bond donors (Lipinski definition) is 1. The van der Waals surface area contributed by atoms with E-state index in [-0.39, 0.29) is 18.5 Å². The van der Waals surface area contributed by atoms with E-state index in [0.717, 1.165) is 25.9 Å². The van der Waals surface area contributed by atoms with Gasteiger partial charge in [-0.3, -0.25) is 14.6 Å². The molecule has 0 unspecified atom stereocenters. The molecule has 168 valence electrons. The summed E-state index contributed by atoms with van der Waals surface area (Å²) in [5.74, 6) is -0.161. The molecule has 1 saturated heterocycles. The molecule has 2 atom stereocenters. The van der Waals surface area contributed by atoms with Crippen molar-refractivity contribution in [2.75, 3.05) is 33.4 Å². The molecule has 1 heterocycles. The van der Waals surface area contributed by atoms with Gasteiger partial charge in [0.2, 0.25) is 5.91 Å². The Morgan fingerprint density at radius 2 is 1.93 bits per heavy atom. The quantitative estimate of drug-likeness (QED) is 0.701. The smallest absolute Gasteiger partial charge is 0.410 e. The molecule has 2 rings (SSSR count). The minimum absolute atomic E-state index is 0.0309. The summed E-state index contributed by atoms with van der Waals surface area (Å²) in [4.78, 5) is 28.9. The number of likely N-dealkylation sites (tertiary alicyclic amines) is 1. The number of benzene rings is 1. The second-order valence-corrected chi connectivity index (χ2v) is 8.99. The van der Waals surface area contributed by atoms with E-state index in [9.17, 15) is 9.59 Å². The fraction of sp³-hybridized carbons (Fsp3) is 0.652. The number of rotatable bonds is 8. The first kappa shape index (κ1) is 24.2. The van der Waals surface area contributed by atoms with E-state index in [0.29, 0.717) is 19.2 Å². The summed E-state index contributed by atoms with van der Waals surface area (Å²) >= 11 is 0. The van der Waals surface area contributed by atoms with E-state index in [1.807, 2.05) is 26.8 Å². The van der Waals surface area contributed by atoms with Gasteiger partial charge < -0.3 is 14.8 Å². The monoisotopic (exact) mass is 419 g/mol. The third kappa shape index (κ3) is 8.32. The molecule has 7 nitrogen and oxygen atoms in total. The molecular formula is C23H37N3O4. The van der Waals surface area contributed by atoms with Crippen LogP contribution in [0.25, 0.3) is 0 Å². The van der Waals surface area contributed by atoms with Crippen molar-refractivity contribution < 1.29 is 19.1 Å². The van der Waals surface area contributed by atoms with Crippen LogP contribution in [0.15, 0.2) is 30.3 Å². The Balaban J connectivity index is 1.84. The summed E-state index contributed by atoms with van der Waals surface area (Å²) in [5, 5.41) is 3.10. The van der Waals surface area contributed by atoms with Crippen molar-refractivity contribution in [1.82, 2.24) is 15.1 Å². The van der Waals surface area contributed by atoms with Crippen LogP contribution in [0.2, 0.25) is 0 Å². The Bertz CT molecular complexity index is 675. The topological polar surface area (TPSA) is 71.1 Å². The average Bonchev–Trinajstić information content (AvgIpc) is 2.66. The van der Waals surface area contributed by atoms with Gasteiger partial charge in [0.05, 0.1) is 6.61 Å². The van der Waals surface area contributed by atoms with Crippen LogP contribution < -0.4 is 5.32 Å². The van der Waals surface area contributed by atoms with Crippen LogP contribution in [-0.2, 0) is 20.8 Å². The number of nitrogens with zero attached hydrogens (tertiary/aromatic N) is 2. The summed E-state index contributed by atoms with van der Waals surface area (Å²) < 4.78 is 10.5.